The number of ether oxygens (including phenoxy) is 2. The molecule has 0 spiro atoms. The fourth-order valence-electron chi connectivity index (χ4n) is 2.58. The summed E-state index contributed by atoms with van der Waals surface area (Å²) in [5.41, 5.74) is 1.90. The molecule has 7 heteroatoms. The van der Waals surface area contributed by atoms with E-state index in [1.807, 2.05) is 31.2 Å². The molecule has 0 saturated heterocycles. The van der Waals surface area contributed by atoms with Crippen LogP contribution >= 0.6 is 0 Å². The average Bonchev–Trinajstić information content (AvgIpc) is 2.74. The highest BCUT2D eigenvalue weighted by Gasteiger charge is 2.09. The van der Waals surface area contributed by atoms with Crippen molar-refractivity contribution in [3.63, 3.8) is 0 Å². The fourth-order valence-corrected chi connectivity index (χ4v) is 2.58. The van der Waals surface area contributed by atoms with Crippen LogP contribution in [0.1, 0.15) is 23.0 Å². The topological polar surface area (TPSA) is 85.4 Å². The van der Waals surface area contributed by atoms with Gasteiger partial charge in [-0.05, 0) is 49.4 Å². The molecule has 0 aliphatic rings. The summed E-state index contributed by atoms with van der Waals surface area (Å²) in [5.74, 6) is 1.80. The second kappa shape index (κ2) is 9.36. The summed E-state index contributed by atoms with van der Waals surface area (Å²) >= 11 is 0. The maximum Gasteiger partial charge on any atom is 0.276 e. The number of hydrogen-bond acceptors (Lipinski definition) is 6. The summed E-state index contributed by atoms with van der Waals surface area (Å²) < 4.78 is 10.7. The van der Waals surface area contributed by atoms with Crippen molar-refractivity contribution in [3.05, 3.63) is 71.9 Å². The normalized spacial score (nSPS) is 10.2. The molecule has 0 bridgehead atoms. The second-order valence-corrected chi connectivity index (χ2v) is 5.88. The standard InChI is InChI=1S/C21H22N4O3/c1-3-28-17-10-8-16(9-11-17)23-21(26)18-12-13-20(25-24-18)22-14-15-6-4-5-7-19(15)27-2/h4-13H,3,14H2,1-2H3,(H,22,25)(H,23,26). The molecular weight excluding hydrogens is 356 g/mol. The number of nitrogens with zero attached hydrogens (tertiary/aromatic N) is 2. The zero-order chi connectivity index (χ0) is 19.8. The number of carbonyl (C=O) groups excluding carboxylic acids is 1. The summed E-state index contributed by atoms with van der Waals surface area (Å²) in [5, 5.41) is 14.0. The molecule has 1 aromatic heterocycles. The van der Waals surface area contributed by atoms with Crippen molar-refractivity contribution >= 4 is 17.4 Å². The lowest BCUT2D eigenvalue weighted by atomic mass is 10.2. The minimum absolute atomic E-state index is 0.233. The van der Waals surface area contributed by atoms with Crippen LogP contribution in [0.4, 0.5) is 11.5 Å². The molecule has 7 nitrogen and oxygen atoms in total. The highest BCUT2D eigenvalue weighted by molar-refractivity contribution is 6.02. The van der Waals surface area contributed by atoms with Gasteiger partial charge in [-0.25, -0.2) is 0 Å². The lowest BCUT2D eigenvalue weighted by Gasteiger charge is -2.10. The van der Waals surface area contributed by atoms with E-state index in [9.17, 15) is 4.79 Å². The van der Waals surface area contributed by atoms with Gasteiger partial charge in [-0.1, -0.05) is 18.2 Å². The predicted octanol–water partition coefficient (Wildman–Crippen LogP) is 3.75. The van der Waals surface area contributed by atoms with Gasteiger partial charge in [0.05, 0.1) is 13.7 Å². The first-order chi connectivity index (χ1) is 13.7. The minimum Gasteiger partial charge on any atom is -0.496 e. The SMILES string of the molecule is CCOc1ccc(NC(=O)c2ccc(NCc3ccccc3OC)nn2)cc1. The average molecular weight is 378 g/mol. The van der Waals surface area contributed by atoms with E-state index in [1.165, 1.54) is 0 Å². The van der Waals surface area contributed by atoms with Gasteiger partial charge in [-0.15, -0.1) is 10.2 Å². The van der Waals surface area contributed by atoms with Gasteiger partial charge in [-0.3, -0.25) is 4.79 Å². The largest absolute Gasteiger partial charge is 0.496 e. The molecule has 1 heterocycles. The van der Waals surface area contributed by atoms with E-state index in [-0.39, 0.29) is 11.6 Å². The molecule has 144 valence electrons. The third-order valence-corrected chi connectivity index (χ3v) is 3.97. The van der Waals surface area contributed by atoms with Gasteiger partial charge >= 0.3 is 0 Å². The van der Waals surface area contributed by atoms with Crippen molar-refractivity contribution in [1.82, 2.24) is 10.2 Å². The second-order valence-electron chi connectivity index (χ2n) is 5.88. The molecule has 0 aliphatic carbocycles. The van der Waals surface area contributed by atoms with Gasteiger partial charge in [0, 0.05) is 17.8 Å². The lowest BCUT2D eigenvalue weighted by Crippen LogP contribution is -2.15. The number of aromatic nitrogens is 2. The van der Waals surface area contributed by atoms with Gasteiger partial charge in [0.15, 0.2) is 5.69 Å². The van der Waals surface area contributed by atoms with E-state index in [0.717, 1.165) is 17.1 Å². The molecule has 2 aromatic carbocycles. The van der Waals surface area contributed by atoms with Crippen molar-refractivity contribution in [3.8, 4) is 11.5 Å². The number of anilines is 2. The zero-order valence-corrected chi connectivity index (χ0v) is 15.8. The maximum absolute atomic E-state index is 12.3. The van der Waals surface area contributed by atoms with E-state index in [1.54, 1.807) is 43.5 Å². The third kappa shape index (κ3) is 4.97. The zero-order valence-electron chi connectivity index (χ0n) is 15.8. The fraction of sp³-hybridized carbons (Fsp3) is 0.190. The van der Waals surface area contributed by atoms with Crippen LogP contribution in [0.3, 0.4) is 0 Å². The van der Waals surface area contributed by atoms with Crippen molar-refractivity contribution in [2.24, 2.45) is 0 Å². The number of hydrogen-bond donors (Lipinski definition) is 2. The van der Waals surface area contributed by atoms with Crippen LogP contribution in [-0.4, -0.2) is 29.8 Å². The number of rotatable bonds is 8. The van der Waals surface area contributed by atoms with Crippen LogP contribution in [0.25, 0.3) is 0 Å². The Labute approximate surface area is 163 Å². The van der Waals surface area contributed by atoms with Crippen LogP contribution in [-0.2, 0) is 6.54 Å². The van der Waals surface area contributed by atoms with Crippen molar-refractivity contribution in [2.45, 2.75) is 13.5 Å². The Morgan fingerprint density at radius 1 is 1.00 bits per heavy atom. The number of para-hydroxylation sites is 1. The summed E-state index contributed by atoms with van der Waals surface area (Å²) in [6.45, 7) is 3.05. The Kier molecular flexibility index (Phi) is 6.41. The van der Waals surface area contributed by atoms with Gasteiger partial charge < -0.3 is 20.1 Å². The minimum atomic E-state index is -0.326. The van der Waals surface area contributed by atoms with E-state index in [2.05, 4.69) is 20.8 Å². The Bertz CT molecular complexity index is 912. The van der Waals surface area contributed by atoms with E-state index in [0.29, 0.717) is 24.7 Å². The number of carbonyl (C=O) groups is 1. The van der Waals surface area contributed by atoms with E-state index in [4.69, 9.17) is 9.47 Å². The molecule has 0 aliphatic heterocycles. The van der Waals surface area contributed by atoms with E-state index >= 15 is 0 Å². The van der Waals surface area contributed by atoms with Crippen LogP contribution in [0, 0.1) is 0 Å². The van der Waals surface area contributed by atoms with Crippen LogP contribution in [0.15, 0.2) is 60.7 Å². The third-order valence-electron chi connectivity index (χ3n) is 3.97. The summed E-state index contributed by atoms with van der Waals surface area (Å²) in [6, 6.07) is 18.2. The highest BCUT2D eigenvalue weighted by Crippen LogP contribution is 2.19. The first-order valence-electron chi connectivity index (χ1n) is 8.93. The quantitative estimate of drug-likeness (QED) is 0.621. The molecule has 2 N–H and O–H groups in total. The number of benzene rings is 2. The first kappa shape index (κ1) is 19.2. The highest BCUT2D eigenvalue weighted by atomic mass is 16.5. The number of methoxy groups -OCH3 is 1. The molecular formula is C21H22N4O3. The van der Waals surface area contributed by atoms with Crippen LogP contribution < -0.4 is 20.1 Å². The smallest absolute Gasteiger partial charge is 0.276 e. The van der Waals surface area contributed by atoms with Gasteiger partial charge in [-0.2, -0.15) is 0 Å². The molecule has 0 unspecified atom stereocenters. The van der Waals surface area contributed by atoms with Gasteiger partial charge in [0.25, 0.3) is 5.91 Å². The molecule has 28 heavy (non-hydrogen) atoms. The molecule has 0 atom stereocenters. The lowest BCUT2D eigenvalue weighted by molar-refractivity contribution is 0.102. The van der Waals surface area contributed by atoms with Crippen molar-refractivity contribution in [1.29, 1.82) is 0 Å². The van der Waals surface area contributed by atoms with E-state index < -0.39 is 0 Å². The van der Waals surface area contributed by atoms with Crippen LogP contribution in [0.2, 0.25) is 0 Å². The predicted molar refractivity (Wildman–Crippen MR) is 108 cm³/mol. The Balaban J connectivity index is 1.58. The van der Waals surface area contributed by atoms with Gasteiger partial charge in [0.1, 0.15) is 17.3 Å². The Morgan fingerprint density at radius 3 is 2.46 bits per heavy atom. The molecule has 1 amide bonds. The number of nitrogens with one attached hydrogen (secondary N) is 2. The van der Waals surface area contributed by atoms with Gasteiger partial charge in [0.2, 0.25) is 0 Å². The summed E-state index contributed by atoms with van der Waals surface area (Å²) in [7, 11) is 1.64. The molecule has 0 fully saturated rings. The Morgan fingerprint density at radius 2 is 1.79 bits per heavy atom. The van der Waals surface area contributed by atoms with Crippen molar-refractivity contribution < 1.29 is 14.3 Å². The summed E-state index contributed by atoms with van der Waals surface area (Å²) in [6.07, 6.45) is 0. The van der Waals surface area contributed by atoms with Crippen molar-refractivity contribution in [2.75, 3.05) is 24.4 Å². The first-order valence-corrected chi connectivity index (χ1v) is 8.93. The number of amides is 1. The molecule has 0 radical (unpaired) electrons. The molecule has 0 saturated carbocycles. The molecule has 3 aromatic rings. The van der Waals surface area contributed by atoms with Crippen LogP contribution in [0.5, 0.6) is 11.5 Å². The monoisotopic (exact) mass is 378 g/mol. The Hall–Kier alpha value is -3.61. The maximum atomic E-state index is 12.3. The summed E-state index contributed by atoms with van der Waals surface area (Å²) in [4.78, 5) is 12.3. The molecule has 3 rings (SSSR count).